The fraction of sp³-hybridized carbons (Fsp3) is 0.500. The summed E-state index contributed by atoms with van der Waals surface area (Å²) in [5.74, 6) is 0.915. The van der Waals surface area contributed by atoms with E-state index in [-0.39, 0.29) is 11.9 Å². The first-order chi connectivity index (χ1) is 8.69. The fourth-order valence-electron chi connectivity index (χ4n) is 2.30. The number of carbonyl (C=O) groups excluding carboxylic acids is 1. The summed E-state index contributed by atoms with van der Waals surface area (Å²) in [5.41, 5.74) is 2.10. The average Bonchev–Trinajstić information content (AvgIpc) is 2.79. The van der Waals surface area contributed by atoms with Gasteiger partial charge < -0.3 is 15.0 Å². The van der Waals surface area contributed by atoms with Crippen LogP contribution in [0.3, 0.4) is 0 Å². The molecule has 18 heavy (non-hydrogen) atoms. The smallest absolute Gasteiger partial charge is 0.228 e. The highest BCUT2D eigenvalue weighted by Crippen LogP contribution is 2.32. The summed E-state index contributed by atoms with van der Waals surface area (Å²) in [7, 11) is 3.53. The largest absolute Gasteiger partial charge is 0.495 e. The highest BCUT2D eigenvalue weighted by atomic mass is 16.5. The Kier molecular flexibility index (Phi) is 3.87. The molecule has 98 valence electrons. The van der Waals surface area contributed by atoms with Crippen LogP contribution in [-0.4, -0.2) is 32.7 Å². The first-order valence-corrected chi connectivity index (χ1v) is 6.34. The van der Waals surface area contributed by atoms with Gasteiger partial charge >= 0.3 is 0 Å². The summed E-state index contributed by atoms with van der Waals surface area (Å²) in [6.45, 7) is 2.81. The number of carbonyl (C=O) groups is 1. The maximum atomic E-state index is 12.0. The average molecular weight is 248 g/mol. The molecule has 4 nitrogen and oxygen atoms in total. The van der Waals surface area contributed by atoms with E-state index in [1.54, 1.807) is 7.11 Å². The topological polar surface area (TPSA) is 41.6 Å². The van der Waals surface area contributed by atoms with Crippen molar-refractivity contribution >= 4 is 11.6 Å². The van der Waals surface area contributed by atoms with Gasteiger partial charge in [0, 0.05) is 19.0 Å². The molecule has 2 rings (SSSR count). The third kappa shape index (κ3) is 2.34. The molecule has 0 saturated carbocycles. The molecule has 1 saturated heterocycles. The van der Waals surface area contributed by atoms with Crippen LogP contribution in [0.25, 0.3) is 0 Å². The molecule has 1 aromatic rings. The van der Waals surface area contributed by atoms with Crippen LogP contribution in [0.5, 0.6) is 5.75 Å². The lowest BCUT2D eigenvalue weighted by atomic mass is 10.1. The first kappa shape index (κ1) is 12.9. The quantitative estimate of drug-likeness (QED) is 0.879. The molecular formula is C14H20N2O2. The molecule has 0 spiro atoms. The molecule has 1 atom stereocenters. The van der Waals surface area contributed by atoms with E-state index in [1.807, 2.05) is 24.1 Å². The zero-order valence-corrected chi connectivity index (χ0v) is 11.2. The van der Waals surface area contributed by atoms with E-state index in [0.29, 0.717) is 13.0 Å². The Labute approximate surface area is 108 Å². The van der Waals surface area contributed by atoms with Gasteiger partial charge in [0.05, 0.1) is 12.8 Å². The van der Waals surface area contributed by atoms with E-state index >= 15 is 0 Å². The van der Waals surface area contributed by atoms with Gasteiger partial charge in [0.25, 0.3) is 0 Å². The molecule has 0 bridgehead atoms. The van der Waals surface area contributed by atoms with Crippen LogP contribution in [0.1, 0.15) is 18.9 Å². The Morgan fingerprint density at radius 3 is 2.83 bits per heavy atom. The van der Waals surface area contributed by atoms with Crippen LogP contribution in [0.4, 0.5) is 5.69 Å². The number of rotatable bonds is 4. The molecule has 0 radical (unpaired) electrons. The van der Waals surface area contributed by atoms with Gasteiger partial charge in [-0.2, -0.15) is 0 Å². The Balaban J connectivity index is 2.34. The number of ether oxygens (including phenoxy) is 1. The second-order valence-corrected chi connectivity index (χ2v) is 4.55. The Hall–Kier alpha value is -1.55. The van der Waals surface area contributed by atoms with Crippen molar-refractivity contribution in [1.29, 1.82) is 0 Å². The van der Waals surface area contributed by atoms with Crippen molar-refractivity contribution in [2.75, 3.05) is 25.6 Å². The molecule has 1 fully saturated rings. The zero-order chi connectivity index (χ0) is 13.1. The van der Waals surface area contributed by atoms with Gasteiger partial charge in [-0.1, -0.05) is 13.0 Å². The zero-order valence-electron chi connectivity index (χ0n) is 11.2. The molecule has 1 N–H and O–H groups in total. The predicted molar refractivity (Wildman–Crippen MR) is 72.2 cm³/mol. The molecular weight excluding hydrogens is 228 g/mol. The lowest BCUT2D eigenvalue weighted by Gasteiger charge is -2.20. The van der Waals surface area contributed by atoms with E-state index in [9.17, 15) is 4.79 Å². The van der Waals surface area contributed by atoms with Gasteiger partial charge in [-0.25, -0.2) is 0 Å². The summed E-state index contributed by atoms with van der Waals surface area (Å²) in [6, 6.07) is 6.26. The van der Waals surface area contributed by atoms with Crippen molar-refractivity contribution in [2.45, 2.75) is 25.8 Å². The highest BCUT2D eigenvalue weighted by Gasteiger charge is 2.31. The van der Waals surface area contributed by atoms with Gasteiger partial charge in [0.2, 0.25) is 5.91 Å². The summed E-state index contributed by atoms with van der Waals surface area (Å²) < 4.78 is 5.36. The monoisotopic (exact) mass is 248 g/mol. The highest BCUT2D eigenvalue weighted by molar-refractivity contribution is 5.97. The number of nitrogens with one attached hydrogen (secondary N) is 1. The van der Waals surface area contributed by atoms with Crippen LogP contribution in [0.15, 0.2) is 18.2 Å². The molecule has 1 amide bonds. The normalized spacial score (nSPS) is 19.4. The second kappa shape index (κ2) is 5.40. The van der Waals surface area contributed by atoms with Gasteiger partial charge in [-0.05, 0) is 31.2 Å². The molecule has 0 aliphatic carbocycles. The minimum absolute atomic E-state index is 0.154. The first-order valence-electron chi connectivity index (χ1n) is 6.34. The van der Waals surface area contributed by atoms with Crippen molar-refractivity contribution in [2.24, 2.45) is 0 Å². The Morgan fingerprint density at radius 2 is 2.28 bits per heavy atom. The summed E-state index contributed by atoms with van der Waals surface area (Å²) in [4.78, 5) is 13.9. The summed E-state index contributed by atoms with van der Waals surface area (Å²) >= 11 is 0. The molecule has 0 aromatic heterocycles. The van der Waals surface area contributed by atoms with Gasteiger partial charge in [-0.15, -0.1) is 0 Å². The molecule has 1 aliphatic heterocycles. The van der Waals surface area contributed by atoms with E-state index in [1.165, 1.54) is 5.56 Å². The maximum absolute atomic E-state index is 12.0. The van der Waals surface area contributed by atoms with E-state index in [4.69, 9.17) is 4.74 Å². The summed E-state index contributed by atoms with van der Waals surface area (Å²) in [6.07, 6.45) is 1.50. The fourth-order valence-corrected chi connectivity index (χ4v) is 2.30. The van der Waals surface area contributed by atoms with Crippen molar-refractivity contribution < 1.29 is 9.53 Å². The number of hydrogen-bond donors (Lipinski definition) is 1. The van der Waals surface area contributed by atoms with Gasteiger partial charge in [-0.3, -0.25) is 4.79 Å². The van der Waals surface area contributed by atoms with E-state index in [2.05, 4.69) is 18.3 Å². The number of aryl methyl sites for hydroxylation is 1. The van der Waals surface area contributed by atoms with Crippen LogP contribution in [0, 0.1) is 0 Å². The molecule has 4 heteroatoms. The maximum Gasteiger partial charge on any atom is 0.228 e. The van der Waals surface area contributed by atoms with E-state index < -0.39 is 0 Å². The van der Waals surface area contributed by atoms with Crippen molar-refractivity contribution in [3.8, 4) is 5.75 Å². The van der Waals surface area contributed by atoms with Gasteiger partial charge in [0.1, 0.15) is 5.75 Å². The van der Waals surface area contributed by atoms with Crippen LogP contribution in [0.2, 0.25) is 0 Å². The third-order valence-corrected chi connectivity index (χ3v) is 3.48. The Bertz CT molecular complexity index is 445. The number of amides is 1. The van der Waals surface area contributed by atoms with Crippen LogP contribution in [-0.2, 0) is 11.2 Å². The minimum Gasteiger partial charge on any atom is -0.495 e. The number of likely N-dealkylation sites (N-methyl/N-ethyl adjacent to an activating group) is 1. The SMILES string of the molecule is CCc1ccc(OC)c(N2CC(NC)CC2=O)c1. The Morgan fingerprint density at radius 1 is 1.50 bits per heavy atom. The van der Waals surface area contributed by atoms with Crippen molar-refractivity contribution in [3.63, 3.8) is 0 Å². The number of benzene rings is 1. The molecule has 1 heterocycles. The number of hydrogen-bond acceptors (Lipinski definition) is 3. The lowest BCUT2D eigenvalue weighted by molar-refractivity contribution is -0.117. The second-order valence-electron chi connectivity index (χ2n) is 4.55. The van der Waals surface area contributed by atoms with E-state index in [0.717, 1.165) is 17.9 Å². The van der Waals surface area contributed by atoms with Crippen molar-refractivity contribution in [1.82, 2.24) is 5.32 Å². The molecule has 1 aliphatic rings. The summed E-state index contributed by atoms with van der Waals surface area (Å²) in [5, 5.41) is 3.16. The molecule has 1 unspecified atom stereocenters. The third-order valence-electron chi connectivity index (χ3n) is 3.48. The lowest BCUT2D eigenvalue weighted by Crippen LogP contribution is -2.30. The number of nitrogens with zero attached hydrogens (tertiary/aromatic N) is 1. The van der Waals surface area contributed by atoms with Crippen LogP contribution >= 0.6 is 0 Å². The van der Waals surface area contributed by atoms with Crippen molar-refractivity contribution in [3.05, 3.63) is 23.8 Å². The van der Waals surface area contributed by atoms with Crippen LogP contribution < -0.4 is 15.0 Å². The number of methoxy groups -OCH3 is 1. The minimum atomic E-state index is 0.154. The van der Waals surface area contributed by atoms with Gasteiger partial charge in [0.15, 0.2) is 0 Å². The molecule has 1 aromatic carbocycles. The standard InChI is InChI=1S/C14H20N2O2/c1-4-10-5-6-13(18-3)12(7-10)16-9-11(15-2)8-14(16)17/h5-7,11,15H,4,8-9H2,1-3H3. The number of anilines is 1. The predicted octanol–water partition coefficient (Wildman–Crippen LogP) is 1.58.